The maximum atomic E-state index is 12.6. The molecule has 0 aliphatic carbocycles. The van der Waals surface area contributed by atoms with Crippen LogP contribution in [0, 0.1) is 11.8 Å². The van der Waals surface area contributed by atoms with Gasteiger partial charge in [-0.1, -0.05) is 88.0 Å². The first-order valence-electron chi connectivity index (χ1n) is 11.2. The van der Waals surface area contributed by atoms with Crippen LogP contribution in [0.5, 0.6) is 0 Å². The fraction of sp³-hybridized carbons (Fsp3) is 0.481. The van der Waals surface area contributed by atoms with Crippen LogP contribution in [0.2, 0.25) is 0 Å². The van der Waals surface area contributed by atoms with Gasteiger partial charge >= 0.3 is 6.18 Å². The monoisotopic (exact) mass is 414 g/mol. The summed E-state index contributed by atoms with van der Waals surface area (Å²) in [5, 5.41) is 0. The van der Waals surface area contributed by atoms with E-state index in [1.54, 1.807) is 12.1 Å². The average molecular weight is 415 g/mol. The van der Waals surface area contributed by atoms with E-state index in [1.807, 2.05) is 18.2 Å². The average Bonchev–Trinajstić information content (AvgIpc) is 2.73. The van der Waals surface area contributed by atoms with E-state index in [1.165, 1.54) is 44.9 Å². The summed E-state index contributed by atoms with van der Waals surface area (Å²) in [6.07, 6.45) is 8.61. The molecule has 3 heteroatoms. The van der Waals surface area contributed by atoms with E-state index < -0.39 is 11.7 Å². The lowest BCUT2D eigenvalue weighted by molar-refractivity contribution is -0.137. The van der Waals surface area contributed by atoms with Crippen LogP contribution in [0.1, 0.15) is 87.0 Å². The maximum Gasteiger partial charge on any atom is 0.416 e. The molecule has 0 amide bonds. The first kappa shape index (κ1) is 24.1. The van der Waals surface area contributed by atoms with Gasteiger partial charge in [0, 0.05) is 12.0 Å². The van der Waals surface area contributed by atoms with Crippen molar-refractivity contribution in [3.63, 3.8) is 0 Å². The topological polar surface area (TPSA) is 0 Å². The van der Waals surface area contributed by atoms with E-state index in [2.05, 4.69) is 24.8 Å². The second-order valence-electron chi connectivity index (χ2n) is 7.92. The van der Waals surface area contributed by atoms with Gasteiger partial charge in [0.25, 0.3) is 0 Å². The second-order valence-corrected chi connectivity index (χ2v) is 7.92. The largest absolute Gasteiger partial charge is 0.416 e. The molecule has 0 aliphatic heterocycles. The number of unbranched alkanes of at least 4 members (excludes halogenated alkanes) is 8. The summed E-state index contributed by atoms with van der Waals surface area (Å²) in [5.41, 5.74) is 2.49. The van der Waals surface area contributed by atoms with E-state index in [9.17, 15) is 13.2 Å². The van der Waals surface area contributed by atoms with Crippen LogP contribution in [0.3, 0.4) is 0 Å². The predicted octanol–water partition coefficient (Wildman–Crippen LogP) is 8.37. The van der Waals surface area contributed by atoms with Crippen LogP contribution in [0.15, 0.2) is 48.5 Å². The van der Waals surface area contributed by atoms with Gasteiger partial charge in [0.05, 0.1) is 5.56 Å². The molecule has 0 radical (unpaired) electrons. The van der Waals surface area contributed by atoms with E-state index in [0.717, 1.165) is 48.1 Å². The number of benzene rings is 2. The van der Waals surface area contributed by atoms with Crippen molar-refractivity contribution in [3.05, 3.63) is 70.8 Å². The molecule has 0 spiro atoms. The Kier molecular flexibility index (Phi) is 10.6. The molecule has 0 N–H and O–H groups in total. The van der Waals surface area contributed by atoms with Gasteiger partial charge in [-0.15, -0.1) is 0 Å². The van der Waals surface area contributed by atoms with Gasteiger partial charge in [0.2, 0.25) is 0 Å². The fourth-order valence-corrected chi connectivity index (χ4v) is 3.47. The third-order valence-electron chi connectivity index (χ3n) is 5.30. The lowest BCUT2D eigenvalue weighted by Crippen LogP contribution is -2.04. The zero-order valence-corrected chi connectivity index (χ0v) is 18.0. The summed E-state index contributed by atoms with van der Waals surface area (Å²) >= 11 is 0. The molecule has 0 fully saturated rings. The number of aryl methyl sites for hydroxylation is 2. The van der Waals surface area contributed by atoms with Crippen molar-refractivity contribution in [1.29, 1.82) is 0 Å². The van der Waals surface area contributed by atoms with Gasteiger partial charge in [0.1, 0.15) is 0 Å². The van der Waals surface area contributed by atoms with Crippen LogP contribution in [-0.2, 0) is 19.0 Å². The van der Waals surface area contributed by atoms with Crippen LogP contribution < -0.4 is 0 Å². The van der Waals surface area contributed by atoms with Crippen molar-refractivity contribution < 1.29 is 13.2 Å². The first-order valence-corrected chi connectivity index (χ1v) is 11.2. The maximum absolute atomic E-state index is 12.6. The molecule has 0 atom stereocenters. The van der Waals surface area contributed by atoms with Crippen molar-refractivity contribution in [3.8, 4) is 11.8 Å². The molecule has 0 bridgehead atoms. The molecule has 0 saturated heterocycles. The third kappa shape index (κ3) is 9.53. The molecule has 0 unspecified atom stereocenters. The number of hydrogen-bond donors (Lipinski definition) is 0. The van der Waals surface area contributed by atoms with E-state index >= 15 is 0 Å². The normalized spacial score (nSPS) is 11.2. The molecule has 30 heavy (non-hydrogen) atoms. The number of rotatable bonds is 11. The van der Waals surface area contributed by atoms with Gasteiger partial charge in [-0.2, -0.15) is 13.2 Å². The molecular formula is C27H33F3. The Morgan fingerprint density at radius 1 is 0.733 bits per heavy atom. The Morgan fingerprint density at radius 3 is 2.03 bits per heavy atom. The summed E-state index contributed by atoms with van der Waals surface area (Å²) in [7, 11) is 0. The number of halogens is 3. The fourth-order valence-electron chi connectivity index (χ4n) is 3.47. The minimum absolute atomic E-state index is 0.597. The third-order valence-corrected chi connectivity index (χ3v) is 5.30. The second kappa shape index (κ2) is 13.2. The van der Waals surface area contributed by atoms with Gasteiger partial charge in [-0.3, -0.25) is 0 Å². The van der Waals surface area contributed by atoms with Crippen molar-refractivity contribution in [2.45, 2.75) is 83.7 Å². The predicted molar refractivity (Wildman–Crippen MR) is 119 cm³/mol. The molecule has 2 rings (SSSR count). The van der Waals surface area contributed by atoms with Crippen LogP contribution in [0.25, 0.3) is 0 Å². The van der Waals surface area contributed by atoms with Crippen LogP contribution in [0.4, 0.5) is 13.2 Å². The zero-order valence-electron chi connectivity index (χ0n) is 18.0. The SMILES string of the molecule is CCCCCCCCCCC#Cc1cccc(CCc2ccc(C(F)(F)F)cc2)c1. The lowest BCUT2D eigenvalue weighted by atomic mass is 10.0. The van der Waals surface area contributed by atoms with Crippen molar-refractivity contribution in [1.82, 2.24) is 0 Å². The zero-order chi connectivity index (χ0) is 21.7. The molecule has 2 aromatic rings. The highest BCUT2D eigenvalue weighted by atomic mass is 19.4. The van der Waals surface area contributed by atoms with E-state index in [4.69, 9.17) is 0 Å². The van der Waals surface area contributed by atoms with E-state index in [0.29, 0.717) is 6.42 Å². The quantitative estimate of drug-likeness (QED) is 0.256. The summed E-state index contributed by atoms with van der Waals surface area (Å²) in [6.45, 7) is 2.24. The molecular weight excluding hydrogens is 381 g/mol. The van der Waals surface area contributed by atoms with Gasteiger partial charge in [0.15, 0.2) is 0 Å². The smallest absolute Gasteiger partial charge is 0.166 e. The van der Waals surface area contributed by atoms with Crippen molar-refractivity contribution in [2.24, 2.45) is 0 Å². The summed E-state index contributed by atoms with van der Waals surface area (Å²) in [4.78, 5) is 0. The minimum atomic E-state index is -4.28. The minimum Gasteiger partial charge on any atom is -0.166 e. The molecule has 0 heterocycles. The summed E-state index contributed by atoms with van der Waals surface area (Å²) < 4.78 is 37.9. The lowest BCUT2D eigenvalue weighted by Gasteiger charge is -2.08. The Hall–Kier alpha value is -2.21. The number of alkyl halides is 3. The highest BCUT2D eigenvalue weighted by molar-refractivity contribution is 5.37. The molecule has 0 aliphatic rings. The Labute approximate surface area is 179 Å². The first-order chi connectivity index (χ1) is 14.5. The van der Waals surface area contributed by atoms with Gasteiger partial charge < -0.3 is 0 Å². The molecule has 0 aromatic heterocycles. The molecule has 162 valence electrons. The molecule has 0 nitrogen and oxygen atoms in total. The summed E-state index contributed by atoms with van der Waals surface area (Å²) in [5.74, 6) is 6.53. The highest BCUT2D eigenvalue weighted by Gasteiger charge is 2.29. The van der Waals surface area contributed by atoms with Crippen LogP contribution in [-0.4, -0.2) is 0 Å². The standard InChI is InChI=1S/C27H33F3/c1-2-3-4-5-6-7-8-9-10-11-13-24-14-12-15-25(22-24)17-16-23-18-20-26(21-19-23)27(28,29)30/h12,14-15,18-22H,2-10,16-17H2,1H3. The van der Waals surface area contributed by atoms with Crippen molar-refractivity contribution >= 4 is 0 Å². The Morgan fingerprint density at radius 2 is 1.37 bits per heavy atom. The van der Waals surface area contributed by atoms with Gasteiger partial charge in [-0.25, -0.2) is 0 Å². The van der Waals surface area contributed by atoms with Crippen molar-refractivity contribution in [2.75, 3.05) is 0 Å². The molecule has 2 aromatic carbocycles. The van der Waals surface area contributed by atoms with Gasteiger partial charge in [-0.05, 0) is 54.7 Å². The summed E-state index contributed by atoms with van der Waals surface area (Å²) in [6, 6.07) is 13.6. The number of hydrogen-bond acceptors (Lipinski definition) is 0. The van der Waals surface area contributed by atoms with E-state index in [-0.39, 0.29) is 0 Å². The Bertz CT molecular complexity index is 791. The highest BCUT2D eigenvalue weighted by Crippen LogP contribution is 2.29. The molecule has 0 saturated carbocycles. The van der Waals surface area contributed by atoms with Crippen LogP contribution >= 0.6 is 0 Å². The Balaban J connectivity index is 1.71.